The summed E-state index contributed by atoms with van der Waals surface area (Å²) in [6.07, 6.45) is -0.0372. The normalized spacial score (nSPS) is 12.3. The van der Waals surface area contributed by atoms with Crippen molar-refractivity contribution in [2.45, 2.75) is 13.0 Å². The SMILES string of the molecule is Cc1cccc(C(OCCCl)c2ccccc2)c1. The van der Waals surface area contributed by atoms with Gasteiger partial charge >= 0.3 is 0 Å². The van der Waals surface area contributed by atoms with Gasteiger partial charge in [-0.2, -0.15) is 0 Å². The van der Waals surface area contributed by atoms with Crippen molar-refractivity contribution in [2.24, 2.45) is 0 Å². The van der Waals surface area contributed by atoms with Crippen LogP contribution in [0.1, 0.15) is 22.8 Å². The number of rotatable bonds is 5. The molecule has 2 heteroatoms. The topological polar surface area (TPSA) is 9.23 Å². The second kappa shape index (κ2) is 6.58. The molecule has 2 aromatic carbocycles. The molecule has 0 aliphatic heterocycles. The molecule has 0 saturated carbocycles. The number of benzene rings is 2. The minimum atomic E-state index is -0.0372. The molecule has 0 spiro atoms. The third kappa shape index (κ3) is 3.34. The molecule has 0 amide bonds. The van der Waals surface area contributed by atoms with E-state index in [0.717, 1.165) is 5.56 Å². The molecule has 0 aliphatic carbocycles. The van der Waals surface area contributed by atoms with Gasteiger partial charge in [-0.3, -0.25) is 0 Å². The van der Waals surface area contributed by atoms with Crippen LogP contribution in [0.2, 0.25) is 0 Å². The Bertz CT molecular complexity index is 481. The lowest BCUT2D eigenvalue weighted by Gasteiger charge is -2.18. The summed E-state index contributed by atoms with van der Waals surface area (Å²) in [4.78, 5) is 0. The van der Waals surface area contributed by atoms with Gasteiger partial charge in [0.05, 0.1) is 6.61 Å². The lowest BCUT2D eigenvalue weighted by Crippen LogP contribution is -2.08. The fraction of sp³-hybridized carbons (Fsp3) is 0.250. The third-order valence-electron chi connectivity index (χ3n) is 2.81. The van der Waals surface area contributed by atoms with Crippen molar-refractivity contribution in [1.82, 2.24) is 0 Å². The molecule has 18 heavy (non-hydrogen) atoms. The lowest BCUT2D eigenvalue weighted by atomic mass is 10.00. The van der Waals surface area contributed by atoms with Crippen molar-refractivity contribution >= 4 is 11.6 Å². The van der Waals surface area contributed by atoms with Gasteiger partial charge in [-0.1, -0.05) is 60.2 Å². The summed E-state index contributed by atoms with van der Waals surface area (Å²) in [5.41, 5.74) is 3.57. The van der Waals surface area contributed by atoms with Crippen LogP contribution in [0.25, 0.3) is 0 Å². The summed E-state index contributed by atoms with van der Waals surface area (Å²) in [6.45, 7) is 2.64. The maximum atomic E-state index is 5.89. The van der Waals surface area contributed by atoms with E-state index in [0.29, 0.717) is 12.5 Å². The fourth-order valence-corrected chi connectivity index (χ4v) is 2.10. The second-order valence-electron chi connectivity index (χ2n) is 4.26. The monoisotopic (exact) mass is 260 g/mol. The van der Waals surface area contributed by atoms with Crippen LogP contribution in [-0.4, -0.2) is 12.5 Å². The first kappa shape index (κ1) is 13.1. The molecule has 2 rings (SSSR count). The average Bonchev–Trinajstić information content (AvgIpc) is 2.40. The molecule has 2 aromatic rings. The van der Waals surface area contributed by atoms with Gasteiger partial charge in [0.25, 0.3) is 0 Å². The van der Waals surface area contributed by atoms with E-state index >= 15 is 0 Å². The van der Waals surface area contributed by atoms with Crippen LogP contribution in [0.4, 0.5) is 0 Å². The quantitative estimate of drug-likeness (QED) is 0.727. The molecule has 0 N–H and O–H groups in total. The van der Waals surface area contributed by atoms with Crippen LogP contribution >= 0.6 is 11.6 Å². The van der Waals surface area contributed by atoms with Crippen molar-refractivity contribution in [3.63, 3.8) is 0 Å². The Morgan fingerprint density at radius 1 is 1.00 bits per heavy atom. The molecule has 1 atom stereocenters. The Hall–Kier alpha value is -1.31. The van der Waals surface area contributed by atoms with E-state index in [1.807, 2.05) is 18.2 Å². The first-order valence-corrected chi connectivity index (χ1v) is 6.64. The maximum Gasteiger partial charge on any atom is 0.108 e. The third-order valence-corrected chi connectivity index (χ3v) is 2.96. The van der Waals surface area contributed by atoms with E-state index < -0.39 is 0 Å². The standard InChI is InChI=1S/C16H17ClO/c1-13-6-5-9-15(12-13)16(18-11-10-17)14-7-3-2-4-8-14/h2-9,12,16H,10-11H2,1H3. The van der Waals surface area contributed by atoms with Gasteiger partial charge in [0.15, 0.2) is 0 Å². The molecule has 94 valence electrons. The number of halogens is 1. The van der Waals surface area contributed by atoms with E-state index in [2.05, 4.69) is 43.3 Å². The molecular formula is C16H17ClO. The summed E-state index contributed by atoms with van der Waals surface area (Å²) in [5.74, 6) is 0.509. The highest BCUT2D eigenvalue weighted by Gasteiger charge is 2.14. The Morgan fingerprint density at radius 3 is 2.39 bits per heavy atom. The second-order valence-corrected chi connectivity index (χ2v) is 4.64. The molecule has 1 nitrogen and oxygen atoms in total. The molecule has 0 aliphatic rings. The molecule has 0 fully saturated rings. The van der Waals surface area contributed by atoms with Gasteiger partial charge in [-0.15, -0.1) is 11.6 Å². The maximum absolute atomic E-state index is 5.89. The average molecular weight is 261 g/mol. The number of ether oxygens (including phenoxy) is 1. The minimum Gasteiger partial charge on any atom is -0.368 e. The number of aryl methyl sites for hydroxylation is 1. The van der Waals surface area contributed by atoms with Gasteiger partial charge in [-0.25, -0.2) is 0 Å². The van der Waals surface area contributed by atoms with Crippen LogP contribution in [0, 0.1) is 6.92 Å². The molecule has 1 unspecified atom stereocenters. The van der Waals surface area contributed by atoms with Gasteiger partial charge in [0, 0.05) is 5.88 Å². The van der Waals surface area contributed by atoms with Crippen LogP contribution in [0.3, 0.4) is 0 Å². The first-order valence-electron chi connectivity index (χ1n) is 6.10. The Kier molecular flexibility index (Phi) is 4.80. The smallest absolute Gasteiger partial charge is 0.108 e. The van der Waals surface area contributed by atoms with E-state index in [-0.39, 0.29) is 6.10 Å². The van der Waals surface area contributed by atoms with Gasteiger partial charge in [0.2, 0.25) is 0 Å². The summed E-state index contributed by atoms with van der Waals surface area (Å²) in [5, 5.41) is 0. The van der Waals surface area contributed by atoms with Crippen molar-refractivity contribution in [2.75, 3.05) is 12.5 Å². The van der Waals surface area contributed by atoms with E-state index in [1.54, 1.807) is 0 Å². The van der Waals surface area contributed by atoms with Crippen molar-refractivity contribution < 1.29 is 4.74 Å². The summed E-state index contributed by atoms with van der Waals surface area (Å²) in [6, 6.07) is 18.6. The van der Waals surface area contributed by atoms with Gasteiger partial charge in [0.1, 0.15) is 6.10 Å². The summed E-state index contributed by atoms with van der Waals surface area (Å²) >= 11 is 5.73. The van der Waals surface area contributed by atoms with Crippen molar-refractivity contribution in [3.05, 3.63) is 71.3 Å². The Morgan fingerprint density at radius 2 is 1.72 bits per heavy atom. The van der Waals surface area contributed by atoms with Crippen LogP contribution in [-0.2, 0) is 4.74 Å². The predicted octanol–water partition coefficient (Wildman–Crippen LogP) is 4.34. The summed E-state index contributed by atoms with van der Waals surface area (Å²) in [7, 11) is 0. The van der Waals surface area contributed by atoms with E-state index in [1.165, 1.54) is 11.1 Å². The van der Waals surface area contributed by atoms with Crippen molar-refractivity contribution in [1.29, 1.82) is 0 Å². The number of hydrogen-bond donors (Lipinski definition) is 0. The highest BCUT2D eigenvalue weighted by atomic mass is 35.5. The molecule has 0 radical (unpaired) electrons. The molecule has 0 aromatic heterocycles. The molecule has 0 heterocycles. The van der Waals surface area contributed by atoms with Gasteiger partial charge in [-0.05, 0) is 18.1 Å². The lowest BCUT2D eigenvalue weighted by molar-refractivity contribution is 0.0928. The van der Waals surface area contributed by atoms with Gasteiger partial charge < -0.3 is 4.74 Å². The largest absolute Gasteiger partial charge is 0.368 e. The van der Waals surface area contributed by atoms with E-state index in [4.69, 9.17) is 16.3 Å². The number of hydrogen-bond acceptors (Lipinski definition) is 1. The van der Waals surface area contributed by atoms with Crippen LogP contribution in [0.15, 0.2) is 54.6 Å². The zero-order valence-electron chi connectivity index (χ0n) is 10.5. The highest BCUT2D eigenvalue weighted by Crippen LogP contribution is 2.26. The highest BCUT2D eigenvalue weighted by molar-refractivity contribution is 6.17. The fourth-order valence-electron chi connectivity index (χ4n) is 2.01. The van der Waals surface area contributed by atoms with Crippen LogP contribution < -0.4 is 0 Å². The molecule has 0 bridgehead atoms. The summed E-state index contributed by atoms with van der Waals surface area (Å²) < 4.78 is 5.89. The zero-order valence-corrected chi connectivity index (χ0v) is 11.2. The molecular weight excluding hydrogens is 244 g/mol. The number of alkyl halides is 1. The van der Waals surface area contributed by atoms with Crippen LogP contribution in [0.5, 0.6) is 0 Å². The van der Waals surface area contributed by atoms with Crippen molar-refractivity contribution in [3.8, 4) is 0 Å². The zero-order chi connectivity index (χ0) is 12.8. The minimum absolute atomic E-state index is 0.0372. The predicted molar refractivity (Wildman–Crippen MR) is 76.1 cm³/mol. The molecule has 0 saturated heterocycles. The Labute approximate surface area is 113 Å². The van der Waals surface area contributed by atoms with E-state index in [9.17, 15) is 0 Å². The first-order chi connectivity index (χ1) is 8.81. The Balaban J connectivity index is 2.31.